The zero-order valence-corrected chi connectivity index (χ0v) is 19.2. The van der Waals surface area contributed by atoms with Gasteiger partial charge in [-0.25, -0.2) is 9.59 Å². The number of benzene rings is 1. The third kappa shape index (κ3) is 4.61. The lowest BCUT2D eigenvalue weighted by Crippen LogP contribution is -2.38. The van der Waals surface area contributed by atoms with E-state index in [0.29, 0.717) is 5.02 Å². The number of hydrogen-bond donors (Lipinski definition) is 1. The first kappa shape index (κ1) is 22.5. The van der Waals surface area contributed by atoms with E-state index in [9.17, 15) is 9.59 Å². The highest BCUT2D eigenvalue weighted by molar-refractivity contribution is 6.30. The summed E-state index contributed by atoms with van der Waals surface area (Å²) in [5.41, 5.74) is 4.73. The number of carbonyl (C=O) groups is 2. The fraction of sp³-hybridized carbons (Fsp3) is 0.250. The number of nitrogens with zero attached hydrogens (tertiary/aromatic N) is 2. The molecule has 3 aliphatic rings. The molecule has 0 radical (unpaired) electrons. The molecule has 0 aromatic heterocycles. The maximum absolute atomic E-state index is 11.8. The highest BCUT2D eigenvalue weighted by Crippen LogP contribution is 2.39. The number of methoxy groups -OCH3 is 2. The molecular weight excluding hydrogens is 446 g/mol. The molecule has 1 amide bonds. The van der Waals surface area contributed by atoms with Crippen LogP contribution < -0.4 is 5.32 Å². The van der Waals surface area contributed by atoms with Gasteiger partial charge in [0.25, 0.3) is 0 Å². The van der Waals surface area contributed by atoms with Gasteiger partial charge in [0, 0.05) is 52.1 Å². The van der Waals surface area contributed by atoms with Crippen molar-refractivity contribution in [1.82, 2.24) is 15.1 Å². The Morgan fingerprint density at radius 3 is 2.58 bits per heavy atom. The summed E-state index contributed by atoms with van der Waals surface area (Å²) >= 11 is 6.26. The fourth-order valence-corrected chi connectivity index (χ4v) is 4.24. The smallest absolute Gasteiger partial charge is 0.452 e. The van der Waals surface area contributed by atoms with Crippen LogP contribution in [0.2, 0.25) is 5.02 Å². The Balaban J connectivity index is 1.66. The number of allylic oxidation sites excluding steroid dienone is 2. The molecule has 0 bridgehead atoms. The van der Waals surface area contributed by atoms with E-state index < -0.39 is 12.2 Å². The number of nitrogens with one attached hydrogen (secondary N) is 1. The average molecular weight is 470 g/mol. The average Bonchev–Trinajstić information content (AvgIpc) is 3.17. The minimum atomic E-state index is -0.747. The molecule has 4 rings (SSSR count). The van der Waals surface area contributed by atoms with Crippen molar-refractivity contribution in [3.05, 3.63) is 88.6 Å². The van der Waals surface area contributed by atoms with E-state index in [-0.39, 0.29) is 18.7 Å². The van der Waals surface area contributed by atoms with Crippen molar-refractivity contribution in [3.63, 3.8) is 0 Å². The molecule has 1 unspecified atom stereocenters. The summed E-state index contributed by atoms with van der Waals surface area (Å²) in [5.74, 6) is -0.0823. The Morgan fingerprint density at radius 2 is 1.91 bits per heavy atom. The number of fused-ring (bicyclic) bond motifs is 1. The monoisotopic (exact) mass is 469 g/mol. The van der Waals surface area contributed by atoms with E-state index in [1.54, 1.807) is 12.4 Å². The molecule has 9 heteroatoms. The van der Waals surface area contributed by atoms with Gasteiger partial charge in [-0.05, 0) is 30.7 Å². The molecule has 0 saturated heterocycles. The molecule has 1 aromatic rings. The fourth-order valence-electron chi connectivity index (χ4n) is 4.05. The van der Waals surface area contributed by atoms with Gasteiger partial charge < -0.3 is 24.4 Å². The second kappa shape index (κ2) is 9.46. The van der Waals surface area contributed by atoms with Crippen LogP contribution in [0.5, 0.6) is 0 Å². The van der Waals surface area contributed by atoms with E-state index >= 15 is 0 Å². The van der Waals surface area contributed by atoms with Crippen LogP contribution in [-0.2, 0) is 14.2 Å². The van der Waals surface area contributed by atoms with Crippen LogP contribution in [0.25, 0.3) is 5.57 Å². The number of hydrogen-bond acceptors (Lipinski definition) is 7. The lowest BCUT2D eigenvalue weighted by atomic mass is 9.95. The maximum atomic E-state index is 11.8. The topological polar surface area (TPSA) is 80.3 Å². The first-order valence-corrected chi connectivity index (χ1v) is 10.7. The van der Waals surface area contributed by atoms with Crippen molar-refractivity contribution < 1.29 is 23.8 Å². The van der Waals surface area contributed by atoms with Gasteiger partial charge in [-0.1, -0.05) is 35.9 Å². The molecule has 33 heavy (non-hydrogen) atoms. The molecule has 8 nitrogen and oxygen atoms in total. The van der Waals surface area contributed by atoms with E-state index in [2.05, 4.69) is 15.0 Å². The molecule has 1 N–H and O–H groups in total. The molecule has 172 valence electrons. The highest BCUT2D eigenvalue weighted by atomic mass is 35.5. The normalized spacial score (nSPS) is 19.6. The summed E-state index contributed by atoms with van der Waals surface area (Å²) in [4.78, 5) is 26.8. The summed E-state index contributed by atoms with van der Waals surface area (Å²) in [5, 5.41) is 4.19. The molecule has 0 spiro atoms. The van der Waals surface area contributed by atoms with Crippen LogP contribution in [0.1, 0.15) is 12.5 Å². The van der Waals surface area contributed by atoms with Crippen molar-refractivity contribution >= 4 is 29.4 Å². The maximum Gasteiger partial charge on any atom is 0.508 e. The zero-order valence-electron chi connectivity index (χ0n) is 18.4. The molecule has 3 heterocycles. The lowest BCUT2D eigenvalue weighted by molar-refractivity contribution is 0.0800. The van der Waals surface area contributed by atoms with Crippen LogP contribution in [0.4, 0.5) is 9.59 Å². The van der Waals surface area contributed by atoms with Gasteiger partial charge in [0.05, 0.1) is 14.2 Å². The molecule has 0 fully saturated rings. The SMILES string of the molecule is COC(=O)OCC1=CN2C(C3C=CN(C(=O)OC)C=C3)=C(C)NC2C(c2cccc(Cl)c2)=C1. The summed E-state index contributed by atoms with van der Waals surface area (Å²) in [7, 11) is 2.61. The Hall–Kier alpha value is -3.65. The van der Waals surface area contributed by atoms with Crippen molar-refractivity contribution in [2.45, 2.75) is 13.1 Å². The van der Waals surface area contributed by atoms with Crippen LogP contribution in [0, 0.1) is 5.92 Å². The Bertz CT molecular complexity index is 1110. The first-order chi connectivity index (χ1) is 15.9. The summed E-state index contributed by atoms with van der Waals surface area (Å²) < 4.78 is 14.6. The Kier molecular flexibility index (Phi) is 6.46. The molecule has 1 aromatic carbocycles. The predicted octanol–water partition coefficient (Wildman–Crippen LogP) is 4.59. The third-order valence-corrected chi connectivity index (χ3v) is 5.76. The molecule has 1 atom stereocenters. The molecule has 3 aliphatic heterocycles. The minimum absolute atomic E-state index is 0.0543. The van der Waals surface area contributed by atoms with Gasteiger partial charge in [0.2, 0.25) is 0 Å². The van der Waals surface area contributed by atoms with E-state index in [1.165, 1.54) is 19.1 Å². The third-order valence-electron chi connectivity index (χ3n) is 5.52. The van der Waals surface area contributed by atoms with E-state index in [4.69, 9.17) is 21.1 Å². The molecule has 0 aliphatic carbocycles. The number of carbonyl (C=O) groups excluding carboxylic acids is 2. The van der Waals surface area contributed by atoms with Crippen LogP contribution in [0.15, 0.2) is 78.1 Å². The largest absolute Gasteiger partial charge is 0.508 e. The van der Waals surface area contributed by atoms with Gasteiger partial charge in [-0.2, -0.15) is 0 Å². The standard InChI is InChI=1S/C24H24ClN3O5/c1-15-21(17-7-9-27(10-8-17)23(29)31-2)28-13-16(14-33-24(30)32-3)11-20(22(28)26-15)18-5-4-6-19(25)12-18/h4-13,17,22,26H,14H2,1-3H3. The second-order valence-electron chi connectivity index (χ2n) is 7.61. The van der Waals surface area contributed by atoms with Gasteiger partial charge in [-0.15, -0.1) is 0 Å². The lowest BCUT2D eigenvalue weighted by Gasteiger charge is -2.34. The summed E-state index contributed by atoms with van der Waals surface area (Å²) in [6, 6.07) is 7.62. The van der Waals surface area contributed by atoms with Crippen molar-refractivity contribution in [3.8, 4) is 0 Å². The van der Waals surface area contributed by atoms with Gasteiger partial charge in [-0.3, -0.25) is 4.90 Å². The van der Waals surface area contributed by atoms with E-state index in [0.717, 1.165) is 28.1 Å². The van der Waals surface area contributed by atoms with E-state index in [1.807, 2.05) is 55.6 Å². The van der Waals surface area contributed by atoms with Crippen molar-refractivity contribution in [2.24, 2.45) is 5.92 Å². The quantitative estimate of drug-likeness (QED) is 0.646. The summed E-state index contributed by atoms with van der Waals surface area (Å²) in [6.45, 7) is 2.06. The Labute approximate surface area is 197 Å². The molecular formula is C24H24ClN3O5. The number of rotatable bonds is 4. The first-order valence-electron chi connectivity index (χ1n) is 10.3. The molecule has 0 saturated carbocycles. The van der Waals surface area contributed by atoms with Crippen molar-refractivity contribution in [2.75, 3.05) is 20.8 Å². The second-order valence-corrected chi connectivity index (χ2v) is 8.04. The van der Waals surface area contributed by atoms with Crippen LogP contribution in [0.3, 0.4) is 0 Å². The summed E-state index contributed by atoms with van der Waals surface area (Å²) in [6.07, 6.45) is 9.80. The van der Waals surface area contributed by atoms with Crippen molar-refractivity contribution in [1.29, 1.82) is 0 Å². The number of halogens is 1. The zero-order chi connectivity index (χ0) is 23.5. The van der Waals surface area contributed by atoms with Gasteiger partial charge in [0.15, 0.2) is 0 Å². The number of ether oxygens (including phenoxy) is 3. The Morgan fingerprint density at radius 1 is 1.15 bits per heavy atom. The highest BCUT2D eigenvalue weighted by Gasteiger charge is 2.37. The van der Waals surface area contributed by atoms with Gasteiger partial charge in [0.1, 0.15) is 12.8 Å². The van der Waals surface area contributed by atoms with Crippen LogP contribution in [-0.4, -0.2) is 49.0 Å². The minimum Gasteiger partial charge on any atom is -0.452 e. The number of amides is 1. The van der Waals surface area contributed by atoms with Gasteiger partial charge >= 0.3 is 12.2 Å². The predicted molar refractivity (Wildman–Crippen MR) is 123 cm³/mol. The van der Waals surface area contributed by atoms with Crippen LogP contribution >= 0.6 is 11.6 Å².